The summed E-state index contributed by atoms with van der Waals surface area (Å²) in [6, 6.07) is 9.80. The molecule has 3 aromatic rings. The number of furan rings is 1. The highest BCUT2D eigenvalue weighted by molar-refractivity contribution is 5.95. The van der Waals surface area contributed by atoms with Crippen LogP contribution in [0.2, 0.25) is 0 Å². The number of hydrogen-bond donors (Lipinski definition) is 1. The molecule has 0 fully saturated rings. The number of Topliss-reactive ketones (excluding diaryl/α,β-unsaturated/α-hetero) is 1. The molecule has 146 valence electrons. The topological polar surface area (TPSA) is 77.1 Å². The number of amides is 1. The summed E-state index contributed by atoms with van der Waals surface area (Å²) in [5.74, 6) is 1.08. The van der Waals surface area contributed by atoms with Gasteiger partial charge < -0.3 is 9.73 Å². The highest BCUT2D eigenvalue weighted by Crippen LogP contribution is 2.23. The number of ketones is 1. The van der Waals surface area contributed by atoms with Crippen LogP contribution in [0.5, 0.6) is 0 Å². The smallest absolute Gasteiger partial charge is 0.224 e. The van der Waals surface area contributed by atoms with E-state index >= 15 is 0 Å². The molecule has 0 radical (unpaired) electrons. The monoisotopic (exact) mass is 379 g/mol. The van der Waals surface area contributed by atoms with Crippen LogP contribution >= 0.6 is 0 Å². The molecule has 0 atom stereocenters. The second-order valence-corrected chi connectivity index (χ2v) is 7.08. The minimum absolute atomic E-state index is 0.0354. The van der Waals surface area contributed by atoms with E-state index in [-0.39, 0.29) is 18.1 Å². The lowest BCUT2D eigenvalue weighted by atomic mass is 10.1. The summed E-state index contributed by atoms with van der Waals surface area (Å²) in [6.45, 7) is 9.11. The van der Waals surface area contributed by atoms with Gasteiger partial charge in [-0.1, -0.05) is 17.7 Å². The molecule has 2 heterocycles. The molecule has 1 N–H and O–H groups in total. The minimum atomic E-state index is -0.118. The van der Waals surface area contributed by atoms with E-state index in [1.807, 2.05) is 49.7 Å². The third kappa shape index (κ3) is 4.06. The molecule has 6 heteroatoms. The van der Waals surface area contributed by atoms with Gasteiger partial charge in [-0.15, -0.1) is 0 Å². The van der Waals surface area contributed by atoms with Crippen molar-refractivity contribution >= 4 is 17.4 Å². The molecule has 2 aromatic heterocycles. The van der Waals surface area contributed by atoms with Gasteiger partial charge in [-0.3, -0.25) is 9.59 Å². The predicted molar refractivity (Wildman–Crippen MR) is 108 cm³/mol. The second kappa shape index (κ2) is 7.84. The Bertz CT molecular complexity index is 1030. The van der Waals surface area contributed by atoms with E-state index in [9.17, 15) is 9.59 Å². The minimum Gasteiger partial charge on any atom is -0.466 e. The van der Waals surface area contributed by atoms with Gasteiger partial charge in [0.25, 0.3) is 0 Å². The van der Waals surface area contributed by atoms with E-state index in [4.69, 9.17) is 4.42 Å². The first kappa shape index (κ1) is 19.6. The summed E-state index contributed by atoms with van der Waals surface area (Å²) in [5, 5.41) is 7.53. The van der Waals surface area contributed by atoms with Crippen LogP contribution in [0, 0.1) is 27.7 Å². The molecule has 0 spiro atoms. The molecular weight excluding hydrogens is 354 g/mol. The SMILES string of the molecule is CC(=O)c1cc(CCC(=O)Nc2c(C)nn(-c3ccc(C)cc3)c2C)oc1C. The molecule has 1 amide bonds. The number of aromatic nitrogens is 2. The van der Waals surface area contributed by atoms with Crippen molar-refractivity contribution in [2.24, 2.45) is 0 Å². The van der Waals surface area contributed by atoms with Crippen LogP contribution in [0.4, 0.5) is 5.69 Å². The first-order valence-corrected chi connectivity index (χ1v) is 9.29. The van der Waals surface area contributed by atoms with Crippen molar-refractivity contribution < 1.29 is 14.0 Å². The van der Waals surface area contributed by atoms with Gasteiger partial charge in [0.05, 0.1) is 28.3 Å². The van der Waals surface area contributed by atoms with Crippen molar-refractivity contribution in [2.75, 3.05) is 5.32 Å². The standard InChI is InChI=1S/C22H25N3O3/c1-13-6-8-18(9-7-13)25-15(3)22(14(2)24-25)23-21(27)11-10-19-12-20(16(4)26)17(5)28-19/h6-9,12H,10-11H2,1-5H3,(H,23,27). The van der Waals surface area contributed by atoms with Gasteiger partial charge in [-0.2, -0.15) is 5.10 Å². The summed E-state index contributed by atoms with van der Waals surface area (Å²) in [7, 11) is 0. The van der Waals surface area contributed by atoms with Crippen LogP contribution in [0.25, 0.3) is 5.69 Å². The van der Waals surface area contributed by atoms with Crippen molar-refractivity contribution in [1.82, 2.24) is 9.78 Å². The average molecular weight is 379 g/mol. The normalized spacial score (nSPS) is 10.9. The first-order valence-electron chi connectivity index (χ1n) is 9.29. The summed E-state index contributed by atoms with van der Waals surface area (Å²) in [6.07, 6.45) is 0.697. The zero-order valence-corrected chi connectivity index (χ0v) is 16.9. The zero-order chi connectivity index (χ0) is 20.4. The highest BCUT2D eigenvalue weighted by Gasteiger charge is 2.16. The highest BCUT2D eigenvalue weighted by atomic mass is 16.3. The molecule has 28 heavy (non-hydrogen) atoms. The van der Waals surface area contributed by atoms with Crippen LogP contribution in [0.3, 0.4) is 0 Å². The van der Waals surface area contributed by atoms with E-state index in [1.165, 1.54) is 12.5 Å². The summed E-state index contributed by atoms with van der Waals surface area (Å²) in [5.41, 5.74) is 5.07. The first-order chi connectivity index (χ1) is 13.3. The molecule has 0 unspecified atom stereocenters. The van der Waals surface area contributed by atoms with Crippen LogP contribution in [0.15, 0.2) is 34.7 Å². The molecule has 0 aliphatic rings. The van der Waals surface area contributed by atoms with Gasteiger partial charge in [0.1, 0.15) is 11.5 Å². The Morgan fingerprint density at radius 3 is 2.39 bits per heavy atom. The molecule has 0 saturated heterocycles. The number of carbonyl (C=O) groups excluding carboxylic acids is 2. The van der Waals surface area contributed by atoms with Crippen LogP contribution in [-0.2, 0) is 11.2 Å². The third-order valence-electron chi connectivity index (χ3n) is 4.78. The maximum Gasteiger partial charge on any atom is 0.224 e. The van der Waals surface area contributed by atoms with Gasteiger partial charge in [-0.25, -0.2) is 4.68 Å². The van der Waals surface area contributed by atoms with Crippen molar-refractivity contribution in [3.63, 3.8) is 0 Å². The van der Waals surface area contributed by atoms with E-state index in [1.54, 1.807) is 13.0 Å². The van der Waals surface area contributed by atoms with Gasteiger partial charge in [0.15, 0.2) is 5.78 Å². The average Bonchev–Trinajstić information content (AvgIpc) is 3.15. The predicted octanol–water partition coefficient (Wildman–Crippen LogP) is 4.47. The van der Waals surface area contributed by atoms with Crippen LogP contribution in [0.1, 0.15) is 52.2 Å². The van der Waals surface area contributed by atoms with E-state index < -0.39 is 0 Å². The molecule has 0 saturated carbocycles. The molecule has 0 bridgehead atoms. The van der Waals surface area contributed by atoms with Crippen LogP contribution in [-0.4, -0.2) is 21.5 Å². The Kier molecular flexibility index (Phi) is 5.49. The number of aryl methyl sites for hydroxylation is 4. The van der Waals surface area contributed by atoms with E-state index in [0.717, 1.165) is 22.8 Å². The van der Waals surface area contributed by atoms with Crippen molar-refractivity contribution in [1.29, 1.82) is 0 Å². The van der Waals surface area contributed by atoms with Gasteiger partial charge in [0, 0.05) is 12.8 Å². The lowest BCUT2D eigenvalue weighted by Gasteiger charge is -2.07. The Labute approximate surface area is 164 Å². The fraction of sp³-hybridized carbons (Fsp3) is 0.318. The molecule has 1 aromatic carbocycles. The quantitative estimate of drug-likeness (QED) is 0.641. The number of benzene rings is 1. The fourth-order valence-corrected chi connectivity index (χ4v) is 3.22. The fourth-order valence-electron chi connectivity index (χ4n) is 3.22. The largest absolute Gasteiger partial charge is 0.466 e. The Morgan fingerprint density at radius 2 is 1.79 bits per heavy atom. The third-order valence-corrected chi connectivity index (χ3v) is 4.78. The molecule has 3 rings (SSSR count). The van der Waals surface area contributed by atoms with Gasteiger partial charge >= 0.3 is 0 Å². The van der Waals surface area contributed by atoms with Crippen LogP contribution < -0.4 is 5.32 Å². The number of rotatable bonds is 6. The van der Waals surface area contributed by atoms with E-state index in [2.05, 4.69) is 10.4 Å². The van der Waals surface area contributed by atoms with Crippen molar-refractivity contribution in [3.05, 3.63) is 64.4 Å². The molecule has 0 aliphatic heterocycles. The van der Waals surface area contributed by atoms with Crippen molar-refractivity contribution in [3.8, 4) is 5.69 Å². The number of carbonyl (C=O) groups is 2. The maximum atomic E-state index is 12.4. The van der Waals surface area contributed by atoms with E-state index in [0.29, 0.717) is 23.5 Å². The maximum absolute atomic E-state index is 12.4. The Balaban J connectivity index is 1.70. The second-order valence-electron chi connectivity index (χ2n) is 7.08. The lowest BCUT2D eigenvalue weighted by molar-refractivity contribution is -0.116. The zero-order valence-electron chi connectivity index (χ0n) is 16.9. The lowest BCUT2D eigenvalue weighted by Crippen LogP contribution is -2.13. The number of anilines is 1. The number of nitrogens with one attached hydrogen (secondary N) is 1. The molecular formula is C22H25N3O3. The molecule has 0 aliphatic carbocycles. The summed E-state index contributed by atoms with van der Waals surface area (Å²) in [4.78, 5) is 24.0. The van der Waals surface area contributed by atoms with Gasteiger partial charge in [-0.05, 0) is 52.8 Å². The van der Waals surface area contributed by atoms with Gasteiger partial charge in [0.2, 0.25) is 5.91 Å². The Hall–Kier alpha value is -3.15. The summed E-state index contributed by atoms with van der Waals surface area (Å²) < 4.78 is 7.41. The van der Waals surface area contributed by atoms with Crippen molar-refractivity contribution in [2.45, 2.75) is 47.5 Å². The molecule has 6 nitrogen and oxygen atoms in total. The summed E-state index contributed by atoms with van der Waals surface area (Å²) >= 11 is 0. The number of nitrogens with zero attached hydrogens (tertiary/aromatic N) is 2. The number of hydrogen-bond acceptors (Lipinski definition) is 4. The Morgan fingerprint density at radius 1 is 1.11 bits per heavy atom.